The quantitative estimate of drug-likeness (QED) is 0.626. The van der Waals surface area contributed by atoms with Gasteiger partial charge in [-0.1, -0.05) is 18.9 Å². The SMILES string of the molecule is C=CCOC(CC1CC1)C(=O)NC. The number of amides is 1. The third kappa shape index (κ3) is 3.59. The average molecular weight is 183 g/mol. The highest BCUT2D eigenvalue weighted by atomic mass is 16.5. The van der Waals surface area contributed by atoms with Crippen LogP contribution in [0.5, 0.6) is 0 Å². The van der Waals surface area contributed by atoms with Gasteiger partial charge in [-0.3, -0.25) is 4.79 Å². The van der Waals surface area contributed by atoms with Crippen molar-refractivity contribution >= 4 is 5.91 Å². The number of ether oxygens (including phenoxy) is 1. The minimum atomic E-state index is -0.282. The molecule has 1 amide bonds. The second kappa shape index (κ2) is 5.02. The van der Waals surface area contributed by atoms with Crippen LogP contribution in [-0.2, 0) is 9.53 Å². The molecule has 1 unspecified atom stereocenters. The van der Waals surface area contributed by atoms with Crippen molar-refractivity contribution in [3.8, 4) is 0 Å². The fourth-order valence-corrected chi connectivity index (χ4v) is 1.25. The van der Waals surface area contributed by atoms with Crippen molar-refractivity contribution in [3.63, 3.8) is 0 Å². The van der Waals surface area contributed by atoms with Gasteiger partial charge >= 0.3 is 0 Å². The number of likely N-dealkylation sites (N-methyl/N-ethyl adjacent to an activating group) is 1. The first kappa shape index (κ1) is 10.3. The Morgan fingerprint density at radius 3 is 2.92 bits per heavy atom. The molecule has 1 rings (SSSR count). The van der Waals surface area contributed by atoms with Gasteiger partial charge in [0.25, 0.3) is 0 Å². The Hall–Kier alpha value is -0.830. The maximum atomic E-state index is 11.3. The van der Waals surface area contributed by atoms with Crippen LogP contribution >= 0.6 is 0 Å². The molecule has 1 aliphatic carbocycles. The van der Waals surface area contributed by atoms with Gasteiger partial charge in [-0.2, -0.15) is 0 Å². The zero-order valence-electron chi connectivity index (χ0n) is 8.08. The number of nitrogens with one attached hydrogen (secondary N) is 1. The summed E-state index contributed by atoms with van der Waals surface area (Å²) in [6, 6.07) is 0. The van der Waals surface area contributed by atoms with Gasteiger partial charge in [0.1, 0.15) is 6.10 Å². The standard InChI is InChI=1S/C10H17NO2/c1-3-6-13-9(10(12)11-2)7-8-4-5-8/h3,8-9H,1,4-7H2,2H3,(H,11,12). The summed E-state index contributed by atoms with van der Waals surface area (Å²) in [6.45, 7) is 4.01. The Labute approximate surface area is 79.2 Å². The lowest BCUT2D eigenvalue weighted by Gasteiger charge is -2.14. The molecule has 0 aromatic carbocycles. The summed E-state index contributed by atoms with van der Waals surface area (Å²) in [5, 5.41) is 2.61. The van der Waals surface area contributed by atoms with Crippen molar-refractivity contribution in [3.05, 3.63) is 12.7 Å². The van der Waals surface area contributed by atoms with Crippen molar-refractivity contribution in [2.24, 2.45) is 5.92 Å². The maximum Gasteiger partial charge on any atom is 0.248 e. The zero-order chi connectivity index (χ0) is 9.68. The van der Waals surface area contributed by atoms with Crippen LogP contribution in [-0.4, -0.2) is 25.7 Å². The van der Waals surface area contributed by atoms with Gasteiger partial charge in [0.15, 0.2) is 0 Å². The van der Waals surface area contributed by atoms with Crippen LogP contribution < -0.4 is 5.32 Å². The molecule has 0 radical (unpaired) electrons. The highest BCUT2D eigenvalue weighted by molar-refractivity contribution is 5.80. The van der Waals surface area contributed by atoms with E-state index in [0.29, 0.717) is 12.5 Å². The Kier molecular flexibility index (Phi) is 3.96. The van der Waals surface area contributed by atoms with E-state index in [1.165, 1.54) is 12.8 Å². The normalized spacial score (nSPS) is 17.9. The molecule has 0 spiro atoms. The number of rotatable bonds is 6. The summed E-state index contributed by atoms with van der Waals surface area (Å²) < 4.78 is 5.36. The fourth-order valence-electron chi connectivity index (χ4n) is 1.25. The number of carbonyl (C=O) groups is 1. The van der Waals surface area contributed by atoms with Crippen molar-refractivity contribution in [2.75, 3.05) is 13.7 Å². The van der Waals surface area contributed by atoms with Gasteiger partial charge in [0, 0.05) is 7.05 Å². The number of hydrogen-bond acceptors (Lipinski definition) is 2. The Bertz CT molecular complexity index is 187. The van der Waals surface area contributed by atoms with Crippen molar-refractivity contribution in [1.82, 2.24) is 5.32 Å². The average Bonchev–Trinajstić information content (AvgIpc) is 2.94. The predicted molar refractivity (Wildman–Crippen MR) is 51.3 cm³/mol. The molecule has 3 nitrogen and oxygen atoms in total. The second-order valence-corrected chi connectivity index (χ2v) is 3.40. The van der Waals surface area contributed by atoms with E-state index in [-0.39, 0.29) is 12.0 Å². The van der Waals surface area contributed by atoms with E-state index in [9.17, 15) is 4.79 Å². The van der Waals surface area contributed by atoms with E-state index in [4.69, 9.17) is 4.74 Å². The number of hydrogen-bond donors (Lipinski definition) is 1. The van der Waals surface area contributed by atoms with Crippen LogP contribution in [0.1, 0.15) is 19.3 Å². The Morgan fingerprint density at radius 2 is 2.46 bits per heavy atom. The van der Waals surface area contributed by atoms with Crippen molar-refractivity contribution in [1.29, 1.82) is 0 Å². The molecule has 0 aliphatic heterocycles. The molecule has 13 heavy (non-hydrogen) atoms. The monoisotopic (exact) mass is 183 g/mol. The molecule has 1 saturated carbocycles. The van der Waals surface area contributed by atoms with Gasteiger partial charge in [0.2, 0.25) is 5.91 Å². The lowest BCUT2D eigenvalue weighted by molar-refractivity contribution is -0.132. The topological polar surface area (TPSA) is 38.3 Å². The molecule has 1 atom stereocenters. The lowest BCUT2D eigenvalue weighted by atomic mass is 10.1. The molecule has 1 N–H and O–H groups in total. The molecule has 74 valence electrons. The fraction of sp³-hybridized carbons (Fsp3) is 0.700. The van der Waals surface area contributed by atoms with Gasteiger partial charge < -0.3 is 10.1 Å². The lowest BCUT2D eigenvalue weighted by Crippen LogP contribution is -2.34. The highest BCUT2D eigenvalue weighted by Crippen LogP contribution is 2.34. The largest absolute Gasteiger partial charge is 0.364 e. The maximum absolute atomic E-state index is 11.3. The van der Waals surface area contributed by atoms with Gasteiger partial charge in [-0.15, -0.1) is 6.58 Å². The third-order valence-electron chi connectivity index (χ3n) is 2.20. The predicted octanol–water partition coefficient (Wildman–Crippen LogP) is 1.10. The van der Waals surface area contributed by atoms with Crippen molar-refractivity contribution < 1.29 is 9.53 Å². The molecule has 1 fully saturated rings. The van der Waals surface area contributed by atoms with E-state index in [2.05, 4.69) is 11.9 Å². The third-order valence-corrected chi connectivity index (χ3v) is 2.20. The second-order valence-electron chi connectivity index (χ2n) is 3.40. The molecular formula is C10H17NO2. The number of carbonyl (C=O) groups excluding carboxylic acids is 1. The van der Waals surface area contributed by atoms with Crippen LogP contribution in [0.25, 0.3) is 0 Å². The van der Waals surface area contributed by atoms with Crippen LogP contribution in [0.15, 0.2) is 12.7 Å². The van der Waals surface area contributed by atoms with E-state index in [1.807, 2.05) is 0 Å². The van der Waals surface area contributed by atoms with Crippen LogP contribution in [0.2, 0.25) is 0 Å². The first-order chi connectivity index (χ1) is 6.27. The Morgan fingerprint density at radius 1 is 1.77 bits per heavy atom. The smallest absolute Gasteiger partial charge is 0.248 e. The molecule has 0 saturated heterocycles. The van der Waals surface area contributed by atoms with E-state index in [0.717, 1.165) is 6.42 Å². The summed E-state index contributed by atoms with van der Waals surface area (Å²) in [4.78, 5) is 11.3. The summed E-state index contributed by atoms with van der Waals surface area (Å²) >= 11 is 0. The molecule has 3 heteroatoms. The molecule has 0 aromatic rings. The van der Waals surface area contributed by atoms with Gasteiger partial charge in [0.05, 0.1) is 6.61 Å². The van der Waals surface area contributed by atoms with Crippen LogP contribution in [0, 0.1) is 5.92 Å². The minimum Gasteiger partial charge on any atom is -0.364 e. The summed E-state index contributed by atoms with van der Waals surface area (Å²) in [5.74, 6) is 0.681. The van der Waals surface area contributed by atoms with Gasteiger partial charge in [-0.25, -0.2) is 0 Å². The summed E-state index contributed by atoms with van der Waals surface area (Å²) in [5.41, 5.74) is 0. The minimum absolute atomic E-state index is 0.0197. The molecule has 1 aliphatic rings. The summed E-state index contributed by atoms with van der Waals surface area (Å²) in [6.07, 6.45) is 4.72. The molecule has 0 aromatic heterocycles. The molecular weight excluding hydrogens is 166 g/mol. The van der Waals surface area contributed by atoms with E-state index < -0.39 is 0 Å². The van der Waals surface area contributed by atoms with Gasteiger partial charge in [-0.05, 0) is 12.3 Å². The van der Waals surface area contributed by atoms with Crippen LogP contribution in [0.4, 0.5) is 0 Å². The van der Waals surface area contributed by atoms with E-state index >= 15 is 0 Å². The molecule has 0 bridgehead atoms. The highest BCUT2D eigenvalue weighted by Gasteiger charge is 2.29. The molecule has 0 heterocycles. The van der Waals surface area contributed by atoms with Crippen LogP contribution in [0.3, 0.4) is 0 Å². The first-order valence-corrected chi connectivity index (χ1v) is 4.72. The zero-order valence-corrected chi connectivity index (χ0v) is 8.08. The van der Waals surface area contributed by atoms with E-state index in [1.54, 1.807) is 13.1 Å². The summed E-state index contributed by atoms with van der Waals surface area (Å²) in [7, 11) is 1.64. The first-order valence-electron chi connectivity index (χ1n) is 4.72. The Balaban J connectivity index is 2.31. The van der Waals surface area contributed by atoms with Crippen molar-refractivity contribution in [2.45, 2.75) is 25.4 Å².